The summed E-state index contributed by atoms with van der Waals surface area (Å²) in [4.78, 5) is 0. The number of nitrogen functional groups attached to an aromatic ring is 1. The standard InChI is InChI=1S/C14H12F3N3O2.C6H12O.C2H6/c15-14(16,17)7-1-2-9(11(21)5-7)12-8-3-4-22-6-10(8)13(18)20-19-12;7-6-4-2-1-3-5-6;1-2/h1-2,5,21H,3-4,6H2,(H2,18,20);6-7H,1-5H2;1-2H3. The number of hydrogen-bond acceptors (Lipinski definition) is 6. The summed E-state index contributed by atoms with van der Waals surface area (Å²) in [6.07, 6.45) is 1.91. The Kier molecular flexibility index (Phi) is 9.06. The lowest BCUT2D eigenvalue weighted by molar-refractivity contribution is -0.137. The molecule has 1 fully saturated rings. The van der Waals surface area contributed by atoms with Crippen LogP contribution in [0, 0.1) is 0 Å². The first-order valence-corrected chi connectivity index (χ1v) is 10.6. The molecule has 0 atom stereocenters. The monoisotopic (exact) mass is 441 g/mol. The van der Waals surface area contributed by atoms with Crippen molar-refractivity contribution in [3.63, 3.8) is 0 Å². The van der Waals surface area contributed by atoms with Crippen LogP contribution < -0.4 is 5.73 Å². The summed E-state index contributed by atoms with van der Waals surface area (Å²) in [5, 5.41) is 26.6. The van der Waals surface area contributed by atoms with E-state index in [1.165, 1.54) is 25.3 Å². The van der Waals surface area contributed by atoms with Crippen molar-refractivity contribution in [2.45, 2.75) is 71.3 Å². The molecule has 2 aromatic rings. The molecule has 0 saturated heterocycles. The molecular weight excluding hydrogens is 411 g/mol. The molecule has 4 N–H and O–H groups in total. The van der Waals surface area contributed by atoms with Crippen molar-refractivity contribution < 1.29 is 28.1 Å². The molecule has 0 spiro atoms. The third-order valence-electron chi connectivity index (χ3n) is 5.11. The minimum Gasteiger partial charge on any atom is -0.507 e. The highest BCUT2D eigenvalue weighted by molar-refractivity contribution is 5.72. The summed E-state index contributed by atoms with van der Waals surface area (Å²) in [5.41, 5.74) is 6.75. The van der Waals surface area contributed by atoms with E-state index in [9.17, 15) is 18.3 Å². The van der Waals surface area contributed by atoms with Crippen LogP contribution in [0.4, 0.5) is 19.0 Å². The topological polar surface area (TPSA) is 101 Å². The van der Waals surface area contributed by atoms with Gasteiger partial charge in [0.15, 0.2) is 5.82 Å². The highest BCUT2D eigenvalue weighted by Gasteiger charge is 2.31. The van der Waals surface area contributed by atoms with Gasteiger partial charge >= 0.3 is 6.18 Å². The fraction of sp³-hybridized carbons (Fsp3) is 0.545. The quantitative estimate of drug-likeness (QED) is 0.584. The van der Waals surface area contributed by atoms with E-state index in [-0.39, 0.29) is 24.1 Å². The maximum atomic E-state index is 12.7. The normalized spacial score (nSPS) is 16.3. The van der Waals surface area contributed by atoms with E-state index in [0.29, 0.717) is 30.4 Å². The number of halogens is 3. The number of aliphatic hydroxyl groups excluding tert-OH is 1. The van der Waals surface area contributed by atoms with E-state index in [2.05, 4.69) is 10.2 Å². The van der Waals surface area contributed by atoms with E-state index in [1.54, 1.807) is 0 Å². The summed E-state index contributed by atoms with van der Waals surface area (Å²) in [6.45, 7) is 4.72. The van der Waals surface area contributed by atoms with Gasteiger partial charge in [-0.05, 0) is 43.0 Å². The Bertz CT molecular complexity index is 854. The molecule has 1 aromatic heterocycles. The molecule has 2 heterocycles. The molecule has 1 aliphatic carbocycles. The van der Waals surface area contributed by atoms with Gasteiger partial charge in [-0.1, -0.05) is 33.1 Å². The Morgan fingerprint density at radius 3 is 2.29 bits per heavy atom. The third kappa shape index (κ3) is 6.54. The summed E-state index contributed by atoms with van der Waals surface area (Å²) in [6, 6.07) is 2.77. The van der Waals surface area contributed by atoms with Crippen LogP contribution in [0.3, 0.4) is 0 Å². The summed E-state index contributed by atoms with van der Waals surface area (Å²) >= 11 is 0. The zero-order valence-electron chi connectivity index (χ0n) is 17.9. The lowest BCUT2D eigenvalue weighted by Crippen LogP contribution is -2.16. The number of fused-ring (bicyclic) bond motifs is 1. The summed E-state index contributed by atoms with van der Waals surface area (Å²) < 4.78 is 43.3. The van der Waals surface area contributed by atoms with Crippen molar-refractivity contribution in [2.24, 2.45) is 0 Å². The van der Waals surface area contributed by atoms with Crippen molar-refractivity contribution >= 4 is 5.82 Å². The smallest absolute Gasteiger partial charge is 0.416 e. The van der Waals surface area contributed by atoms with Gasteiger partial charge in [0.25, 0.3) is 0 Å². The van der Waals surface area contributed by atoms with Crippen molar-refractivity contribution in [2.75, 3.05) is 12.3 Å². The highest BCUT2D eigenvalue weighted by atomic mass is 19.4. The number of rotatable bonds is 1. The molecule has 2 aliphatic rings. The predicted molar refractivity (Wildman–Crippen MR) is 112 cm³/mol. The van der Waals surface area contributed by atoms with Crippen LogP contribution in [0.1, 0.15) is 62.6 Å². The van der Waals surface area contributed by atoms with Crippen molar-refractivity contribution in [1.82, 2.24) is 10.2 Å². The number of benzene rings is 1. The van der Waals surface area contributed by atoms with Gasteiger partial charge in [-0.15, -0.1) is 10.2 Å². The number of ether oxygens (including phenoxy) is 1. The maximum absolute atomic E-state index is 12.7. The van der Waals surface area contributed by atoms with E-state index in [4.69, 9.17) is 15.6 Å². The molecular formula is C22H30F3N3O3. The number of hydrogen-bond donors (Lipinski definition) is 3. The summed E-state index contributed by atoms with van der Waals surface area (Å²) in [7, 11) is 0. The Morgan fingerprint density at radius 1 is 1.06 bits per heavy atom. The van der Waals surface area contributed by atoms with E-state index < -0.39 is 17.5 Å². The van der Waals surface area contributed by atoms with Crippen molar-refractivity contribution in [3.05, 3.63) is 34.9 Å². The van der Waals surface area contributed by atoms with Crippen molar-refractivity contribution in [1.29, 1.82) is 0 Å². The average Bonchev–Trinajstić information content (AvgIpc) is 2.76. The Hall–Kier alpha value is -2.39. The zero-order chi connectivity index (χ0) is 23.0. The SMILES string of the molecule is CC.Nc1nnc(-c2ccc(C(F)(F)F)cc2O)c2c1COCC2.OC1CCCCC1. The first kappa shape index (κ1) is 24.9. The molecule has 0 unspecified atom stereocenters. The molecule has 172 valence electrons. The summed E-state index contributed by atoms with van der Waals surface area (Å²) in [5.74, 6) is -0.271. The van der Waals surface area contributed by atoms with Crippen LogP contribution >= 0.6 is 0 Å². The first-order chi connectivity index (χ1) is 14.8. The average molecular weight is 441 g/mol. The van der Waals surface area contributed by atoms with Gasteiger partial charge in [-0.25, -0.2) is 0 Å². The van der Waals surface area contributed by atoms with E-state index in [0.717, 1.165) is 24.5 Å². The number of alkyl halides is 3. The van der Waals surface area contributed by atoms with Crippen molar-refractivity contribution in [3.8, 4) is 17.0 Å². The molecule has 1 aromatic carbocycles. The molecule has 9 heteroatoms. The van der Waals surface area contributed by atoms with Gasteiger partial charge in [0.05, 0.1) is 24.9 Å². The van der Waals surface area contributed by atoms with Crippen LogP contribution in [0.25, 0.3) is 11.3 Å². The van der Waals surface area contributed by atoms with Gasteiger partial charge in [0.1, 0.15) is 11.4 Å². The zero-order valence-corrected chi connectivity index (χ0v) is 17.9. The molecule has 1 aliphatic heterocycles. The number of phenolic OH excluding ortho intramolecular Hbond substituents is 1. The number of phenols is 1. The molecule has 6 nitrogen and oxygen atoms in total. The maximum Gasteiger partial charge on any atom is 0.416 e. The number of anilines is 1. The second-order valence-electron chi connectivity index (χ2n) is 7.22. The van der Waals surface area contributed by atoms with Crippen LogP contribution in [-0.4, -0.2) is 33.1 Å². The largest absolute Gasteiger partial charge is 0.507 e. The van der Waals surface area contributed by atoms with Crippen LogP contribution in [0.2, 0.25) is 0 Å². The van der Waals surface area contributed by atoms with Gasteiger partial charge in [0.2, 0.25) is 0 Å². The first-order valence-electron chi connectivity index (χ1n) is 10.6. The van der Waals surface area contributed by atoms with Gasteiger partial charge in [-0.2, -0.15) is 13.2 Å². The van der Waals surface area contributed by atoms with Gasteiger partial charge in [0, 0.05) is 11.1 Å². The molecule has 4 rings (SSSR count). The Balaban J connectivity index is 0.000000319. The number of aromatic nitrogens is 2. The van der Waals surface area contributed by atoms with E-state index in [1.807, 2.05) is 13.8 Å². The number of aliphatic hydroxyl groups is 1. The van der Waals surface area contributed by atoms with Crippen LogP contribution in [0.5, 0.6) is 5.75 Å². The van der Waals surface area contributed by atoms with Gasteiger partial charge in [-0.3, -0.25) is 0 Å². The molecule has 0 radical (unpaired) electrons. The molecule has 31 heavy (non-hydrogen) atoms. The fourth-order valence-corrected chi connectivity index (χ4v) is 3.51. The minimum absolute atomic E-state index is 0.0359. The van der Waals surface area contributed by atoms with Gasteiger partial charge < -0.3 is 20.7 Å². The second-order valence-corrected chi connectivity index (χ2v) is 7.22. The molecule has 0 bridgehead atoms. The fourth-order valence-electron chi connectivity index (χ4n) is 3.51. The third-order valence-corrected chi connectivity index (χ3v) is 5.11. The van der Waals surface area contributed by atoms with E-state index >= 15 is 0 Å². The Labute approximate surface area is 180 Å². The number of nitrogens with zero attached hydrogens (tertiary/aromatic N) is 2. The second kappa shape index (κ2) is 11.3. The number of nitrogens with two attached hydrogens (primary N) is 1. The Morgan fingerprint density at radius 2 is 1.74 bits per heavy atom. The van der Waals surface area contributed by atoms with Crippen LogP contribution in [0.15, 0.2) is 18.2 Å². The highest BCUT2D eigenvalue weighted by Crippen LogP contribution is 2.38. The lowest BCUT2D eigenvalue weighted by atomic mass is 9.97. The van der Waals surface area contributed by atoms with Crippen LogP contribution in [-0.2, 0) is 23.9 Å². The minimum atomic E-state index is -4.52. The molecule has 1 saturated carbocycles. The lowest BCUT2D eigenvalue weighted by Gasteiger charge is -2.20. The predicted octanol–water partition coefficient (Wildman–Crippen LogP) is 4.86. The molecule has 0 amide bonds. The number of aromatic hydroxyl groups is 1.